The van der Waals surface area contributed by atoms with Gasteiger partial charge >= 0.3 is 0 Å². The molecule has 11 heavy (non-hydrogen) atoms. The fourth-order valence-corrected chi connectivity index (χ4v) is 2.76. The molecule has 0 spiro atoms. The van der Waals surface area contributed by atoms with Crippen LogP contribution < -0.4 is 0 Å². The maximum absolute atomic E-state index is 11.3. The van der Waals surface area contributed by atoms with Crippen LogP contribution in [-0.4, -0.2) is 21.2 Å². The summed E-state index contributed by atoms with van der Waals surface area (Å²) >= 11 is 6.26. The van der Waals surface area contributed by atoms with Gasteiger partial charge in [0.2, 0.25) is 0 Å². The van der Waals surface area contributed by atoms with Gasteiger partial charge in [0.25, 0.3) is 0 Å². The largest absolute Gasteiger partial charge is 0.297 e. The number of halogens is 2. The molecule has 0 N–H and O–H groups in total. The van der Waals surface area contributed by atoms with E-state index in [9.17, 15) is 9.59 Å². The second-order valence-corrected chi connectivity index (χ2v) is 5.04. The summed E-state index contributed by atoms with van der Waals surface area (Å²) in [5.74, 6) is -0.107. The number of carbonyl (C=O) groups is 2. The van der Waals surface area contributed by atoms with Gasteiger partial charge in [0.05, 0.1) is 4.83 Å². The average Bonchev–Trinajstić information content (AvgIpc) is 2.06. The van der Waals surface area contributed by atoms with Gasteiger partial charge in [-0.05, 0) is 0 Å². The van der Waals surface area contributed by atoms with Gasteiger partial charge in [-0.25, -0.2) is 0 Å². The monoisotopic (exact) mass is 282 g/mol. The fourth-order valence-electron chi connectivity index (χ4n) is 1.06. The Labute approximate surface area is 82.0 Å². The lowest BCUT2D eigenvalue weighted by atomic mass is 9.91. The Balaban J connectivity index is 3.06. The first kappa shape index (κ1) is 9.39. The average molecular weight is 284 g/mol. The summed E-state index contributed by atoms with van der Waals surface area (Å²) in [6, 6.07) is 0. The lowest BCUT2D eigenvalue weighted by molar-refractivity contribution is -0.124. The zero-order chi connectivity index (χ0) is 8.81. The van der Waals surface area contributed by atoms with Crippen LogP contribution in [0, 0.1) is 5.41 Å². The minimum absolute atomic E-state index is 0.0376. The number of carbonyl (C=O) groups excluding carboxylic acids is 2. The summed E-state index contributed by atoms with van der Waals surface area (Å²) in [6.07, 6.45) is 0. The number of Topliss-reactive ketones (excluding diaryl/α,β-unsaturated/α-hetero) is 2. The molecule has 0 aliphatic heterocycles. The Kier molecular flexibility index (Phi) is 2.27. The molecule has 0 radical (unpaired) electrons. The van der Waals surface area contributed by atoms with Crippen LogP contribution in [0.1, 0.15) is 13.8 Å². The van der Waals surface area contributed by atoms with Crippen LogP contribution >= 0.6 is 31.9 Å². The van der Waals surface area contributed by atoms with E-state index in [2.05, 4.69) is 31.9 Å². The van der Waals surface area contributed by atoms with Gasteiger partial charge in [0.1, 0.15) is 4.83 Å². The zero-order valence-electron chi connectivity index (χ0n) is 6.23. The Morgan fingerprint density at radius 1 is 1.27 bits per heavy atom. The molecule has 0 heterocycles. The zero-order valence-corrected chi connectivity index (χ0v) is 9.40. The van der Waals surface area contributed by atoms with E-state index in [1.54, 1.807) is 13.8 Å². The van der Waals surface area contributed by atoms with E-state index in [1.165, 1.54) is 0 Å². The van der Waals surface area contributed by atoms with Gasteiger partial charge in [-0.15, -0.1) is 0 Å². The number of rotatable bonds is 0. The Bertz CT molecular complexity index is 222. The molecule has 1 saturated carbocycles. The van der Waals surface area contributed by atoms with Crippen LogP contribution in [0.25, 0.3) is 0 Å². The Morgan fingerprint density at radius 3 is 1.82 bits per heavy atom. The summed E-state index contributed by atoms with van der Waals surface area (Å²) in [5.41, 5.74) is -0.564. The SMILES string of the molecule is CC1(C)C(=O)[C@H](Br)C(=O)[C@@H]1Br. The van der Waals surface area contributed by atoms with Crippen molar-refractivity contribution >= 4 is 43.4 Å². The van der Waals surface area contributed by atoms with Gasteiger partial charge in [0, 0.05) is 5.41 Å². The first-order valence-corrected chi connectivity index (χ1v) is 5.08. The first-order chi connectivity index (χ1) is 4.89. The van der Waals surface area contributed by atoms with Crippen molar-refractivity contribution in [2.75, 3.05) is 0 Å². The van der Waals surface area contributed by atoms with E-state index in [-0.39, 0.29) is 16.4 Å². The summed E-state index contributed by atoms with van der Waals surface area (Å²) < 4.78 is 0. The molecule has 0 unspecified atom stereocenters. The van der Waals surface area contributed by atoms with Crippen molar-refractivity contribution in [1.82, 2.24) is 0 Å². The first-order valence-electron chi connectivity index (χ1n) is 3.25. The maximum Gasteiger partial charge on any atom is 0.168 e. The van der Waals surface area contributed by atoms with Crippen molar-refractivity contribution in [3.05, 3.63) is 0 Å². The lowest BCUT2D eigenvalue weighted by Crippen LogP contribution is -2.27. The quantitative estimate of drug-likeness (QED) is 0.501. The van der Waals surface area contributed by atoms with E-state index in [0.29, 0.717) is 0 Å². The smallest absolute Gasteiger partial charge is 0.168 e. The van der Waals surface area contributed by atoms with Crippen molar-refractivity contribution in [3.8, 4) is 0 Å². The van der Waals surface area contributed by atoms with Crippen molar-refractivity contribution in [2.45, 2.75) is 23.5 Å². The van der Waals surface area contributed by atoms with Crippen LogP contribution in [0.2, 0.25) is 0 Å². The van der Waals surface area contributed by atoms with E-state index in [4.69, 9.17) is 0 Å². The van der Waals surface area contributed by atoms with Gasteiger partial charge in [-0.2, -0.15) is 0 Å². The molecule has 0 saturated heterocycles. The molecule has 1 fully saturated rings. The predicted octanol–water partition coefficient (Wildman–Crippen LogP) is 1.69. The highest BCUT2D eigenvalue weighted by Gasteiger charge is 2.52. The Hall–Kier alpha value is 0.300. The van der Waals surface area contributed by atoms with Gasteiger partial charge in [0.15, 0.2) is 11.6 Å². The topological polar surface area (TPSA) is 34.1 Å². The second-order valence-electron chi connectivity index (χ2n) is 3.21. The van der Waals surface area contributed by atoms with Crippen LogP contribution in [-0.2, 0) is 9.59 Å². The molecular weight excluding hydrogens is 276 g/mol. The van der Waals surface area contributed by atoms with Gasteiger partial charge in [-0.1, -0.05) is 45.7 Å². The van der Waals surface area contributed by atoms with E-state index in [0.717, 1.165) is 0 Å². The lowest BCUT2D eigenvalue weighted by Gasteiger charge is -2.17. The van der Waals surface area contributed by atoms with Crippen molar-refractivity contribution in [3.63, 3.8) is 0 Å². The highest BCUT2D eigenvalue weighted by Crippen LogP contribution is 2.39. The highest BCUT2D eigenvalue weighted by molar-refractivity contribution is 9.11. The molecule has 0 aromatic heterocycles. The van der Waals surface area contributed by atoms with E-state index < -0.39 is 10.2 Å². The Morgan fingerprint density at radius 2 is 1.73 bits per heavy atom. The molecular formula is C7H8Br2O2. The van der Waals surface area contributed by atoms with Crippen LogP contribution in [0.15, 0.2) is 0 Å². The normalized spacial score (nSPS) is 36.4. The molecule has 1 rings (SSSR count). The summed E-state index contributed by atoms with van der Waals surface area (Å²) in [5, 5.41) is 0. The predicted molar refractivity (Wildman–Crippen MR) is 49.2 cm³/mol. The molecule has 62 valence electrons. The van der Waals surface area contributed by atoms with Crippen LogP contribution in [0.5, 0.6) is 0 Å². The molecule has 1 aliphatic carbocycles. The third-order valence-corrected chi connectivity index (χ3v) is 4.46. The number of ketones is 2. The maximum atomic E-state index is 11.3. The molecule has 2 nitrogen and oxygen atoms in total. The number of alkyl halides is 2. The van der Waals surface area contributed by atoms with Crippen LogP contribution in [0.3, 0.4) is 0 Å². The highest BCUT2D eigenvalue weighted by atomic mass is 79.9. The summed E-state index contributed by atoms with van der Waals surface area (Å²) in [4.78, 5) is 21.6. The van der Waals surface area contributed by atoms with Gasteiger partial charge < -0.3 is 0 Å². The molecule has 0 bridgehead atoms. The third kappa shape index (κ3) is 1.20. The molecule has 0 aromatic rings. The van der Waals surface area contributed by atoms with E-state index >= 15 is 0 Å². The molecule has 0 amide bonds. The molecule has 0 aromatic carbocycles. The van der Waals surface area contributed by atoms with Gasteiger partial charge in [-0.3, -0.25) is 9.59 Å². The van der Waals surface area contributed by atoms with Crippen molar-refractivity contribution in [1.29, 1.82) is 0 Å². The summed E-state index contributed by atoms with van der Waals surface area (Å²) in [7, 11) is 0. The number of hydrogen-bond acceptors (Lipinski definition) is 2. The second kappa shape index (κ2) is 2.66. The van der Waals surface area contributed by atoms with E-state index in [1.807, 2.05) is 0 Å². The minimum Gasteiger partial charge on any atom is -0.297 e. The van der Waals surface area contributed by atoms with Crippen molar-refractivity contribution in [2.24, 2.45) is 5.41 Å². The summed E-state index contributed by atoms with van der Waals surface area (Å²) in [6.45, 7) is 3.54. The fraction of sp³-hybridized carbons (Fsp3) is 0.714. The number of hydrogen-bond donors (Lipinski definition) is 0. The standard InChI is InChI=1S/C7H8Br2O2/c1-7(2)5(9)4(10)3(8)6(7)11/h3,5H,1-2H3/t3-,5+/m1/s1. The van der Waals surface area contributed by atoms with Crippen LogP contribution in [0.4, 0.5) is 0 Å². The molecule has 2 atom stereocenters. The minimum atomic E-state index is -0.609. The van der Waals surface area contributed by atoms with Crippen molar-refractivity contribution < 1.29 is 9.59 Å². The molecule has 1 aliphatic rings. The molecule has 4 heteroatoms. The third-order valence-electron chi connectivity index (χ3n) is 2.00.